The number of amides is 3. The molecule has 6 nitrogen and oxygen atoms in total. The van der Waals surface area contributed by atoms with Crippen molar-refractivity contribution in [1.82, 2.24) is 5.32 Å². The molecule has 3 amide bonds. The highest BCUT2D eigenvalue weighted by atomic mass is 32.2. The predicted molar refractivity (Wildman–Crippen MR) is 121 cm³/mol. The van der Waals surface area contributed by atoms with Gasteiger partial charge < -0.3 is 16.0 Å². The molecular formula is C23H27N3O3S. The SMILES string of the molecule is Cc1ccc(NC(=O)CSCC(=O)NC(C)c2ccc(NC(=O)C3CC3)cc2)cc1. The summed E-state index contributed by atoms with van der Waals surface area (Å²) < 4.78 is 0. The third-order valence-electron chi connectivity index (χ3n) is 4.81. The molecule has 158 valence electrons. The fourth-order valence-electron chi connectivity index (χ4n) is 2.88. The van der Waals surface area contributed by atoms with E-state index in [0.29, 0.717) is 0 Å². The maximum Gasteiger partial charge on any atom is 0.234 e. The maximum atomic E-state index is 12.2. The molecule has 30 heavy (non-hydrogen) atoms. The number of nitrogens with one attached hydrogen (secondary N) is 3. The van der Waals surface area contributed by atoms with Crippen LogP contribution >= 0.6 is 11.8 Å². The summed E-state index contributed by atoms with van der Waals surface area (Å²) >= 11 is 1.28. The zero-order valence-electron chi connectivity index (χ0n) is 17.2. The van der Waals surface area contributed by atoms with Crippen LogP contribution in [0.5, 0.6) is 0 Å². The molecule has 2 aromatic rings. The van der Waals surface area contributed by atoms with Crippen LogP contribution in [0.1, 0.15) is 36.9 Å². The number of hydrogen-bond donors (Lipinski definition) is 3. The van der Waals surface area contributed by atoms with Crippen LogP contribution in [-0.2, 0) is 14.4 Å². The van der Waals surface area contributed by atoms with Crippen molar-refractivity contribution in [3.63, 3.8) is 0 Å². The Labute approximate surface area is 181 Å². The lowest BCUT2D eigenvalue weighted by Gasteiger charge is -2.15. The Kier molecular flexibility index (Phi) is 7.52. The van der Waals surface area contributed by atoms with Gasteiger partial charge in [-0.25, -0.2) is 0 Å². The van der Waals surface area contributed by atoms with E-state index in [0.717, 1.165) is 35.3 Å². The third-order valence-corrected chi connectivity index (χ3v) is 5.74. The van der Waals surface area contributed by atoms with Crippen LogP contribution < -0.4 is 16.0 Å². The van der Waals surface area contributed by atoms with Crippen molar-refractivity contribution in [2.24, 2.45) is 5.92 Å². The highest BCUT2D eigenvalue weighted by Crippen LogP contribution is 2.30. The van der Waals surface area contributed by atoms with E-state index in [1.165, 1.54) is 11.8 Å². The smallest absolute Gasteiger partial charge is 0.234 e. The van der Waals surface area contributed by atoms with Crippen LogP contribution in [0.25, 0.3) is 0 Å². The molecule has 0 spiro atoms. The minimum atomic E-state index is -0.160. The fraction of sp³-hybridized carbons (Fsp3) is 0.348. The van der Waals surface area contributed by atoms with Crippen molar-refractivity contribution in [3.05, 3.63) is 59.7 Å². The van der Waals surface area contributed by atoms with Crippen LogP contribution in [0.4, 0.5) is 11.4 Å². The predicted octanol–water partition coefficient (Wildman–Crippen LogP) is 3.89. The molecule has 1 atom stereocenters. The Bertz CT molecular complexity index is 893. The second-order valence-corrected chi connectivity index (χ2v) is 8.57. The summed E-state index contributed by atoms with van der Waals surface area (Å²) in [4.78, 5) is 36.0. The number of aryl methyl sites for hydroxylation is 1. The minimum absolute atomic E-state index is 0.0764. The lowest BCUT2D eigenvalue weighted by atomic mass is 10.1. The summed E-state index contributed by atoms with van der Waals surface area (Å²) in [5.41, 5.74) is 3.60. The van der Waals surface area contributed by atoms with Crippen molar-refractivity contribution in [1.29, 1.82) is 0 Å². The number of carbonyl (C=O) groups excluding carboxylic acids is 3. The van der Waals surface area contributed by atoms with Gasteiger partial charge in [0.05, 0.1) is 17.5 Å². The van der Waals surface area contributed by atoms with Gasteiger partial charge in [0.1, 0.15) is 0 Å². The molecule has 3 rings (SSSR count). The number of rotatable bonds is 9. The summed E-state index contributed by atoms with van der Waals surface area (Å²) in [5.74, 6) is 0.411. The van der Waals surface area contributed by atoms with Crippen molar-refractivity contribution < 1.29 is 14.4 Å². The van der Waals surface area contributed by atoms with Gasteiger partial charge >= 0.3 is 0 Å². The summed E-state index contributed by atoms with van der Waals surface area (Å²) in [5, 5.41) is 8.65. The third kappa shape index (κ3) is 6.91. The Morgan fingerprint density at radius 1 is 0.900 bits per heavy atom. The summed E-state index contributed by atoms with van der Waals surface area (Å²) in [6, 6.07) is 14.9. The van der Waals surface area contributed by atoms with Crippen LogP contribution in [-0.4, -0.2) is 29.2 Å². The largest absolute Gasteiger partial charge is 0.349 e. The van der Waals surface area contributed by atoms with Gasteiger partial charge in [-0.3, -0.25) is 14.4 Å². The molecule has 7 heteroatoms. The van der Waals surface area contributed by atoms with Crippen LogP contribution in [0.15, 0.2) is 48.5 Å². The van der Waals surface area contributed by atoms with Crippen molar-refractivity contribution in [3.8, 4) is 0 Å². The van der Waals surface area contributed by atoms with E-state index in [9.17, 15) is 14.4 Å². The highest BCUT2D eigenvalue weighted by Gasteiger charge is 2.29. The quantitative estimate of drug-likeness (QED) is 0.569. The van der Waals surface area contributed by atoms with Crippen LogP contribution in [0.2, 0.25) is 0 Å². The molecule has 1 saturated carbocycles. The molecule has 2 aromatic carbocycles. The van der Waals surface area contributed by atoms with Crippen molar-refractivity contribution in [2.75, 3.05) is 22.1 Å². The van der Waals surface area contributed by atoms with Crippen LogP contribution in [0.3, 0.4) is 0 Å². The summed E-state index contributed by atoms with van der Waals surface area (Å²) in [7, 11) is 0. The molecular weight excluding hydrogens is 398 g/mol. The van der Waals surface area contributed by atoms with Crippen molar-refractivity contribution >= 4 is 40.9 Å². The molecule has 0 saturated heterocycles. The number of thioether (sulfide) groups is 1. The van der Waals surface area contributed by atoms with E-state index in [2.05, 4.69) is 16.0 Å². The molecule has 0 radical (unpaired) electrons. The van der Waals surface area contributed by atoms with Crippen LogP contribution in [0, 0.1) is 12.8 Å². The van der Waals surface area contributed by atoms with E-state index >= 15 is 0 Å². The Balaban J connectivity index is 1.37. The van der Waals surface area contributed by atoms with Crippen molar-refractivity contribution in [2.45, 2.75) is 32.7 Å². The number of carbonyl (C=O) groups is 3. The first-order valence-corrected chi connectivity index (χ1v) is 11.2. The molecule has 1 fully saturated rings. The lowest BCUT2D eigenvalue weighted by Crippen LogP contribution is -2.28. The number of anilines is 2. The molecule has 3 N–H and O–H groups in total. The second kappa shape index (κ2) is 10.3. The van der Waals surface area contributed by atoms with E-state index in [-0.39, 0.29) is 41.2 Å². The monoisotopic (exact) mass is 425 g/mol. The zero-order chi connectivity index (χ0) is 21.5. The molecule has 1 unspecified atom stereocenters. The Morgan fingerprint density at radius 2 is 1.47 bits per heavy atom. The molecule has 1 aliphatic carbocycles. The summed E-state index contributed by atoms with van der Waals surface area (Å²) in [6.45, 7) is 3.90. The average molecular weight is 426 g/mol. The molecule has 0 aliphatic heterocycles. The molecule has 0 aromatic heterocycles. The van der Waals surface area contributed by atoms with Gasteiger partial charge in [-0.2, -0.15) is 0 Å². The highest BCUT2D eigenvalue weighted by molar-refractivity contribution is 8.00. The van der Waals surface area contributed by atoms with Gasteiger partial charge in [-0.15, -0.1) is 11.8 Å². The summed E-state index contributed by atoms with van der Waals surface area (Å²) in [6.07, 6.45) is 1.94. The van der Waals surface area contributed by atoms with Gasteiger partial charge in [0.25, 0.3) is 0 Å². The van der Waals surface area contributed by atoms with E-state index in [1.54, 1.807) is 0 Å². The first-order chi connectivity index (χ1) is 14.4. The standard InChI is InChI=1S/C23H27N3O3S/c1-15-3-9-19(10-4-15)25-22(28)14-30-13-21(27)24-16(2)17-7-11-20(12-8-17)26-23(29)18-5-6-18/h3-4,7-12,16,18H,5-6,13-14H2,1-2H3,(H,24,27)(H,25,28)(H,26,29). The first-order valence-electron chi connectivity index (χ1n) is 10.0. The van der Waals surface area contributed by atoms with Gasteiger partial charge in [0.2, 0.25) is 17.7 Å². The molecule has 0 bridgehead atoms. The van der Waals surface area contributed by atoms with Gasteiger partial charge in [0.15, 0.2) is 0 Å². The first kappa shape index (κ1) is 21.9. The topological polar surface area (TPSA) is 87.3 Å². The van der Waals surface area contributed by atoms with Gasteiger partial charge in [-0.05, 0) is 56.5 Å². The normalized spacial score (nSPS) is 13.9. The molecule has 0 heterocycles. The zero-order valence-corrected chi connectivity index (χ0v) is 18.1. The van der Waals surface area contributed by atoms with E-state index in [1.807, 2.05) is 62.4 Å². The Hall–Kier alpha value is -2.80. The lowest BCUT2D eigenvalue weighted by molar-refractivity contribution is -0.119. The van der Waals surface area contributed by atoms with E-state index < -0.39 is 0 Å². The molecule has 1 aliphatic rings. The minimum Gasteiger partial charge on any atom is -0.349 e. The maximum absolute atomic E-state index is 12.2. The van der Waals surface area contributed by atoms with Gasteiger partial charge in [0, 0.05) is 17.3 Å². The number of benzene rings is 2. The Morgan fingerprint density at radius 3 is 2.10 bits per heavy atom. The fourth-order valence-corrected chi connectivity index (χ4v) is 3.51. The average Bonchev–Trinajstić information content (AvgIpc) is 3.55. The van der Waals surface area contributed by atoms with E-state index in [4.69, 9.17) is 0 Å². The van der Waals surface area contributed by atoms with Gasteiger partial charge in [-0.1, -0.05) is 29.8 Å². The number of hydrogen-bond acceptors (Lipinski definition) is 4. The second-order valence-electron chi connectivity index (χ2n) is 7.58.